The Kier molecular flexibility index (Phi) is 4.45. The minimum Gasteiger partial charge on any atom is -0.268 e. The molecular weight excluding hydrogens is 314 g/mol. The first-order valence-electron chi connectivity index (χ1n) is 6.98. The molecule has 0 spiro atoms. The molecule has 1 aromatic carbocycles. The van der Waals surface area contributed by atoms with Gasteiger partial charge in [-0.1, -0.05) is 30.3 Å². The Morgan fingerprint density at radius 3 is 2.59 bits per heavy atom. The summed E-state index contributed by atoms with van der Waals surface area (Å²) in [5.74, 6) is -0.182. The Balaban J connectivity index is 1.72. The normalized spacial score (nSPS) is 16.8. The molecule has 1 saturated heterocycles. The number of nitrogens with zero attached hydrogens (tertiary/aromatic N) is 1. The quantitative estimate of drug-likeness (QED) is 0.783. The Hall–Kier alpha value is -1.85. The van der Waals surface area contributed by atoms with Crippen molar-refractivity contribution in [1.82, 2.24) is 4.90 Å². The molecular formula is C17H15NO2S2. The molecule has 0 aliphatic carbocycles. The minimum atomic E-state index is -0.182. The number of amides is 2. The summed E-state index contributed by atoms with van der Waals surface area (Å²) < 4.78 is 0. The van der Waals surface area contributed by atoms with E-state index in [0.29, 0.717) is 17.9 Å². The molecule has 0 bridgehead atoms. The van der Waals surface area contributed by atoms with E-state index >= 15 is 0 Å². The molecule has 0 atom stereocenters. The second-order valence-electron chi connectivity index (χ2n) is 5.04. The zero-order chi connectivity index (χ0) is 15.5. The standard InChI is InChI=1S/C17H15NO2S2/c1-12-8-10-21-14(12)11-15-16(19)18(17(20)22-15)9-7-13-5-3-2-4-6-13/h2-6,8,10-11H,7,9H2,1H3/b15-11+. The number of imide groups is 1. The van der Waals surface area contributed by atoms with Crippen LogP contribution in [0.25, 0.3) is 6.08 Å². The molecule has 0 unspecified atom stereocenters. The first-order chi connectivity index (χ1) is 10.6. The SMILES string of the molecule is Cc1ccsc1/C=C1/SC(=O)N(CCc2ccccc2)C1=O. The van der Waals surface area contributed by atoms with Crippen molar-refractivity contribution in [3.63, 3.8) is 0 Å². The summed E-state index contributed by atoms with van der Waals surface area (Å²) in [4.78, 5) is 27.3. The van der Waals surface area contributed by atoms with Gasteiger partial charge in [0.15, 0.2) is 0 Å². The molecule has 0 radical (unpaired) electrons. The molecule has 1 fully saturated rings. The van der Waals surface area contributed by atoms with Gasteiger partial charge in [-0.25, -0.2) is 0 Å². The summed E-state index contributed by atoms with van der Waals surface area (Å²) in [6.07, 6.45) is 2.51. The number of rotatable bonds is 4. The van der Waals surface area contributed by atoms with Gasteiger partial charge >= 0.3 is 0 Å². The average Bonchev–Trinajstić information content (AvgIpc) is 3.03. The summed E-state index contributed by atoms with van der Waals surface area (Å²) in [7, 11) is 0. The molecule has 1 aromatic heterocycles. The van der Waals surface area contributed by atoms with E-state index in [1.165, 1.54) is 4.90 Å². The van der Waals surface area contributed by atoms with E-state index in [-0.39, 0.29) is 11.1 Å². The lowest BCUT2D eigenvalue weighted by Crippen LogP contribution is -2.30. The van der Waals surface area contributed by atoms with E-state index in [2.05, 4.69) is 0 Å². The van der Waals surface area contributed by atoms with Crippen molar-refractivity contribution in [2.45, 2.75) is 13.3 Å². The monoisotopic (exact) mass is 329 g/mol. The average molecular weight is 329 g/mol. The van der Waals surface area contributed by atoms with Crippen LogP contribution >= 0.6 is 23.1 Å². The van der Waals surface area contributed by atoms with Crippen LogP contribution in [0.1, 0.15) is 16.0 Å². The van der Waals surface area contributed by atoms with Crippen LogP contribution in [0.15, 0.2) is 46.7 Å². The maximum atomic E-state index is 12.4. The van der Waals surface area contributed by atoms with E-state index in [0.717, 1.165) is 27.8 Å². The van der Waals surface area contributed by atoms with Crippen molar-refractivity contribution in [1.29, 1.82) is 0 Å². The van der Waals surface area contributed by atoms with Crippen LogP contribution in [0.5, 0.6) is 0 Å². The fourth-order valence-electron chi connectivity index (χ4n) is 2.23. The third kappa shape index (κ3) is 3.15. The molecule has 3 rings (SSSR count). The van der Waals surface area contributed by atoms with Gasteiger partial charge in [0, 0.05) is 11.4 Å². The minimum absolute atomic E-state index is 0.179. The third-order valence-corrected chi connectivity index (χ3v) is 5.38. The number of aryl methyl sites for hydroxylation is 1. The summed E-state index contributed by atoms with van der Waals surface area (Å²) in [5.41, 5.74) is 2.25. The topological polar surface area (TPSA) is 37.4 Å². The van der Waals surface area contributed by atoms with Crippen LogP contribution < -0.4 is 0 Å². The number of thiophene rings is 1. The predicted molar refractivity (Wildman–Crippen MR) is 91.9 cm³/mol. The van der Waals surface area contributed by atoms with Crippen LogP contribution in [0.4, 0.5) is 4.79 Å². The molecule has 22 heavy (non-hydrogen) atoms. The van der Waals surface area contributed by atoms with Gasteiger partial charge in [0.25, 0.3) is 11.1 Å². The number of thioether (sulfide) groups is 1. The Bertz CT molecular complexity index is 734. The summed E-state index contributed by atoms with van der Waals surface area (Å²) in [5, 5.41) is 1.81. The second kappa shape index (κ2) is 6.50. The van der Waals surface area contributed by atoms with E-state index < -0.39 is 0 Å². The van der Waals surface area contributed by atoms with Crippen molar-refractivity contribution >= 4 is 40.3 Å². The van der Waals surface area contributed by atoms with Crippen molar-refractivity contribution < 1.29 is 9.59 Å². The fraction of sp³-hybridized carbons (Fsp3) is 0.176. The lowest BCUT2D eigenvalue weighted by molar-refractivity contribution is -0.122. The van der Waals surface area contributed by atoms with E-state index in [1.807, 2.05) is 54.8 Å². The lowest BCUT2D eigenvalue weighted by atomic mass is 10.1. The van der Waals surface area contributed by atoms with Crippen LogP contribution in [0, 0.1) is 6.92 Å². The molecule has 0 N–H and O–H groups in total. The first-order valence-corrected chi connectivity index (χ1v) is 8.68. The molecule has 2 amide bonds. The number of carbonyl (C=O) groups is 2. The molecule has 2 heterocycles. The summed E-state index contributed by atoms with van der Waals surface area (Å²) in [6, 6.07) is 11.9. The fourth-order valence-corrected chi connectivity index (χ4v) is 4.01. The van der Waals surface area contributed by atoms with Crippen LogP contribution in [0.3, 0.4) is 0 Å². The number of carbonyl (C=O) groups excluding carboxylic acids is 2. The molecule has 112 valence electrons. The highest BCUT2D eigenvalue weighted by atomic mass is 32.2. The van der Waals surface area contributed by atoms with Crippen molar-refractivity contribution in [2.75, 3.05) is 6.54 Å². The zero-order valence-electron chi connectivity index (χ0n) is 12.1. The van der Waals surface area contributed by atoms with Gasteiger partial charge in [-0.2, -0.15) is 0 Å². The Labute approximate surface area is 137 Å². The molecule has 3 nitrogen and oxygen atoms in total. The maximum absolute atomic E-state index is 12.4. The smallest absolute Gasteiger partial charge is 0.268 e. The van der Waals surface area contributed by atoms with Crippen molar-refractivity contribution in [3.05, 3.63) is 62.7 Å². The van der Waals surface area contributed by atoms with Crippen molar-refractivity contribution in [2.24, 2.45) is 0 Å². The lowest BCUT2D eigenvalue weighted by Gasteiger charge is -2.12. The van der Waals surface area contributed by atoms with Gasteiger partial charge in [-0.15, -0.1) is 11.3 Å². The van der Waals surface area contributed by atoms with Gasteiger partial charge in [-0.05, 0) is 53.8 Å². The number of hydrogen-bond donors (Lipinski definition) is 0. The molecule has 1 aliphatic heterocycles. The second-order valence-corrected chi connectivity index (χ2v) is 6.98. The number of benzene rings is 1. The molecule has 5 heteroatoms. The largest absolute Gasteiger partial charge is 0.293 e. The van der Waals surface area contributed by atoms with Gasteiger partial charge in [0.05, 0.1) is 4.91 Å². The van der Waals surface area contributed by atoms with Gasteiger partial charge in [0.1, 0.15) is 0 Å². The summed E-state index contributed by atoms with van der Waals surface area (Å²) >= 11 is 2.61. The van der Waals surface area contributed by atoms with E-state index in [4.69, 9.17) is 0 Å². The maximum Gasteiger partial charge on any atom is 0.293 e. The van der Waals surface area contributed by atoms with Crippen LogP contribution in [0.2, 0.25) is 0 Å². The summed E-state index contributed by atoms with van der Waals surface area (Å²) in [6.45, 7) is 2.43. The third-order valence-electron chi connectivity index (χ3n) is 3.50. The highest BCUT2D eigenvalue weighted by Gasteiger charge is 2.34. The van der Waals surface area contributed by atoms with Gasteiger partial charge in [-0.3, -0.25) is 14.5 Å². The first kappa shape index (κ1) is 15.1. The molecule has 1 aliphatic rings. The predicted octanol–water partition coefficient (Wildman–Crippen LogP) is 4.34. The van der Waals surface area contributed by atoms with Gasteiger partial charge in [0.2, 0.25) is 0 Å². The van der Waals surface area contributed by atoms with Crippen molar-refractivity contribution in [3.8, 4) is 0 Å². The molecule has 2 aromatic rings. The Morgan fingerprint density at radius 2 is 1.91 bits per heavy atom. The van der Waals surface area contributed by atoms with Crippen LogP contribution in [-0.4, -0.2) is 22.6 Å². The van der Waals surface area contributed by atoms with Crippen LogP contribution in [-0.2, 0) is 11.2 Å². The Morgan fingerprint density at radius 1 is 1.14 bits per heavy atom. The van der Waals surface area contributed by atoms with E-state index in [1.54, 1.807) is 11.3 Å². The molecule has 0 saturated carbocycles. The highest BCUT2D eigenvalue weighted by Crippen LogP contribution is 2.33. The zero-order valence-corrected chi connectivity index (χ0v) is 13.7. The number of hydrogen-bond acceptors (Lipinski definition) is 4. The highest BCUT2D eigenvalue weighted by molar-refractivity contribution is 8.18. The van der Waals surface area contributed by atoms with Gasteiger partial charge < -0.3 is 0 Å². The van der Waals surface area contributed by atoms with E-state index in [9.17, 15) is 9.59 Å².